The number of rotatable bonds is 5. The molecule has 4 nitrogen and oxygen atoms in total. The van der Waals surface area contributed by atoms with Crippen molar-refractivity contribution in [1.29, 1.82) is 0 Å². The van der Waals surface area contributed by atoms with Gasteiger partial charge in [-0.1, -0.05) is 17.7 Å². The minimum atomic E-state index is -0.180. The molecule has 1 aromatic rings. The van der Waals surface area contributed by atoms with Crippen LogP contribution in [0, 0.1) is 0 Å². The molecule has 1 fully saturated rings. The Labute approximate surface area is 125 Å². The summed E-state index contributed by atoms with van der Waals surface area (Å²) in [6.45, 7) is 5.29. The highest BCUT2D eigenvalue weighted by Crippen LogP contribution is 2.15. The predicted octanol–water partition coefficient (Wildman–Crippen LogP) is 3.34. The van der Waals surface area contributed by atoms with Gasteiger partial charge in [0.15, 0.2) is 0 Å². The SMILES string of the molecule is C[C@@H](CCNC(=O)Nc1cccc(Cl)c1)N1CCCC1. The number of likely N-dealkylation sites (tertiary alicyclic amines) is 1. The number of nitrogens with zero attached hydrogens (tertiary/aromatic N) is 1. The maximum absolute atomic E-state index is 11.7. The average molecular weight is 296 g/mol. The Morgan fingerprint density at radius 1 is 1.40 bits per heavy atom. The van der Waals surface area contributed by atoms with E-state index >= 15 is 0 Å². The third-order valence-electron chi connectivity index (χ3n) is 3.69. The third kappa shape index (κ3) is 4.69. The molecule has 1 heterocycles. The lowest BCUT2D eigenvalue weighted by atomic mass is 10.2. The smallest absolute Gasteiger partial charge is 0.319 e. The van der Waals surface area contributed by atoms with E-state index in [1.807, 2.05) is 12.1 Å². The van der Waals surface area contributed by atoms with Crippen LogP contribution in [-0.2, 0) is 0 Å². The van der Waals surface area contributed by atoms with Gasteiger partial charge in [0, 0.05) is 23.3 Å². The highest BCUT2D eigenvalue weighted by molar-refractivity contribution is 6.30. The van der Waals surface area contributed by atoms with E-state index < -0.39 is 0 Å². The van der Waals surface area contributed by atoms with Crippen molar-refractivity contribution in [3.8, 4) is 0 Å². The van der Waals surface area contributed by atoms with Gasteiger partial charge in [0.2, 0.25) is 0 Å². The molecule has 2 amide bonds. The van der Waals surface area contributed by atoms with Gasteiger partial charge in [-0.15, -0.1) is 0 Å². The number of anilines is 1. The summed E-state index contributed by atoms with van der Waals surface area (Å²) in [6.07, 6.45) is 3.57. The molecule has 0 aliphatic carbocycles. The van der Waals surface area contributed by atoms with E-state index in [0.29, 0.717) is 23.3 Å². The Kier molecular flexibility index (Phi) is 5.68. The lowest BCUT2D eigenvalue weighted by Gasteiger charge is -2.23. The minimum absolute atomic E-state index is 0.180. The van der Waals surface area contributed by atoms with Crippen LogP contribution in [0.4, 0.5) is 10.5 Å². The predicted molar refractivity (Wildman–Crippen MR) is 83.4 cm³/mol. The monoisotopic (exact) mass is 295 g/mol. The van der Waals surface area contributed by atoms with Crippen LogP contribution in [0.1, 0.15) is 26.2 Å². The average Bonchev–Trinajstić information content (AvgIpc) is 2.92. The molecule has 20 heavy (non-hydrogen) atoms. The van der Waals surface area contributed by atoms with Gasteiger partial charge in [-0.3, -0.25) is 0 Å². The molecule has 0 bridgehead atoms. The number of urea groups is 1. The number of carbonyl (C=O) groups is 1. The van der Waals surface area contributed by atoms with Crippen LogP contribution in [0.2, 0.25) is 5.02 Å². The Hall–Kier alpha value is -1.26. The van der Waals surface area contributed by atoms with Crippen LogP contribution in [0.3, 0.4) is 0 Å². The molecule has 0 saturated carbocycles. The van der Waals surface area contributed by atoms with Crippen molar-refractivity contribution in [3.05, 3.63) is 29.3 Å². The summed E-state index contributed by atoms with van der Waals surface area (Å²) in [7, 11) is 0. The summed E-state index contributed by atoms with van der Waals surface area (Å²) in [4.78, 5) is 14.2. The van der Waals surface area contributed by atoms with Crippen molar-refractivity contribution in [1.82, 2.24) is 10.2 Å². The van der Waals surface area contributed by atoms with Crippen molar-refractivity contribution in [3.63, 3.8) is 0 Å². The molecule has 0 unspecified atom stereocenters. The second-order valence-electron chi connectivity index (χ2n) is 5.27. The molecular weight excluding hydrogens is 274 g/mol. The van der Waals surface area contributed by atoms with E-state index in [4.69, 9.17) is 11.6 Å². The van der Waals surface area contributed by atoms with E-state index in [2.05, 4.69) is 22.5 Å². The first kappa shape index (κ1) is 15.1. The first-order valence-corrected chi connectivity index (χ1v) is 7.57. The summed E-state index contributed by atoms with van der Waals surface area (Å²) in [5.41, 5.74) is 0.711. The zero-order chi connectivity index (χ0) is 14.4. The summed E-state index contributed by atoms with van der Waals surface area (Å²) >= 11 is 5.87. The molecular formula is C15H22ClN3O. The fourth-order valence-corrected chi connectivity index (χ4v) is 2.69. The maximum Gasteiger partial charge on any atom is 0.319 e. The number of carbonyl (C=O) groups excluding carboxylic acids is 1. The van der Waals surface area contributed by atoms with Gasteiger partial charge in [0.25, 0.3) is 0 Å². The molecule has 110 valence electrons. The number of hydrogen-bond acceptors (Lipinski definition) is 2. The fourth-order valence-electron chi connectivity index (χ4n) is 2.50. The van der Waals surface area contributed by atoms with E-state index in [-0.39, 0.29) is 6.03 Å². The van der Waals surface area contributed by atoms with Gasteiger partial charge in [-0.2, -0.15) is 0 Å². The first-order chi connectivity index (χ1) is 9.65. The van der Waals surface area contributed by atoms with Gasteiger partial charge in [-0.05, 0) is 57.5 Å². The van der Waals surface area contributed by atoms with Gasteiger partial charge >= 0.3 is 6.03 Å². The highest BCUT2D eigenvalue weighted by Gasteiger charge is 2.17. The Balaban J connectivity index is 1.67. The quantitative estimate of drug-likeness (QED) is 0.875. The van der Waals surface area contributed by atoms with Crippen molar-refractivity contribution in [2.24, 2.45) is 0 Å². The molecule has 2 rings (SSSR count). The van der Waals surface area contributed by atoms with E-state index in [1.54, 1.807) is 12.1 Å². The molecule has 0 aromatic heterocycles. The summed E-state index contributed by atoms with van der Waals surface area (Å²) in [5, 5.41) is 6.28. The number of halogens is 1. The zero-order valence-corrected chi connectivity index (χ0v) is 12.6. The van der Waals surface area contributed by atoms with Crippen LogP contribution in [0.15, 0.2) is 24.3 Å². The largest absolute Gasteiger partial charge is 0.338 e. The Bertz CT molecular complexity index is 446. The summed E-state index contributed by atoms with van der Waals surface area (Å²) in [6, 6.07) is 7.49. The molecule has 1 aromatic carbocycles. The topological polar surface area (TPSA) is 44.4 Å². The molecule has 0 radical (unpaired) electrons. The molecule has 1 saturated heterocycles. The molecule has 1 aliphatic heterocycles. The minimum Gasteiger partial charge on any atom is -0.338 e. The van der Waals surface area contributed by atoms with Crippen LogP contribution >= 0.6 is 11.6 Å². The van der Waals surface area contributed by atoms with Crippen molar-refractivity contribution < 1.29 is 4.79 Å². The first-order valence-electron chi connectivity index (χ1n) is 7.19. The van der Waals surface area contributed by atoms with Crippen molar-refractivity contribution in [2.75, 3.05) is 25.0 Å². The number of hydrogen-bond donors (Lipinski definition) is 2. The van der Waals surface area contributed by atoms with Crippen LogP contribution in [0.25, 0.3) is 0 Å². The van der Waals surface area contributed by atoms with Crippen LogP contribution in [-0.4, -0.2) is 36.6 Å². The standard InChI is InChI=1S/C15H22ClN3O/c1-12(19-9-2-3-10-19)7-8-17-15(20)18-14-6-4-5-13(16)11-14/h4-6,11-12H,2-3,7-10H2,1H3,(H2,17,18,20)/t12-/m0/s1. The highest BCUT2D eigenvalue weighted by atomic mass is 35.5. The van der Waals surface area contributed by atoms with Crippen LogP contribution < -0.4 is 10.6 Å². The second-order valence-corrected chi connectivity index (χ2v) is 5.71. The van der Waals surface area contributed by atoms with Crippen molar-refractivity contribution >= 4 is 23.3 Å². The number of amides is 2. The zero-order valence-electron chi connectivity index (χ0n) is 11.9. The van der Waals surface area contributed by atoms with Gasteiger partial charge in [-0.25, -0.2) is 4.79 Å². The fraction of sp³-hybridized carbons (Fsp3) is 0.533. The van der Waals surface area contributed by atoms with Gasteiger partial charge in [0.1, 0.15) is 0 Å². The van der Waals surface area contributed by atoms with Crippen molar-refractivity contribution in [2.45, 2.75) is 32.2 Å². The molecule has 2 N–H and O–H groups in total. The second kappa shape index (κ2) is 7.50. The van der Waals surface area contributed by atoms with Crippen LogP contribution in [0.5, 0.6) is 0 Å². The molecule has 0 spiro atoms. The molecule has 1 aliphatic rings. The Morgan fingerprint density at radius 3 is 2.85 bits per heavy atom. The maximum atomic E-state index is 11.7. The summed E-state index contributed by atoms with van der Waals surface area (Å²) in [5.74, 6) is 0. The molecule has 5 heteroatoms. The summed E-state index contributed by atoms with van der Waals surface area (Å²) < 4.78 is 0. The lowest BCUT2D eigenvalue weighted by Crippen LogP contribution is -2.36. The Morgan fingerprint density at radius 2 is 2.15 bits per heavy atom. The van der Waals surface area contributed by atoms with E-state index in [9.17, 15) is 4.79 Å². The number of benzene rings is 1. The third-order valence-corrected chi connectivity index (χ3v) is 3.93. The van der Waals surface area contributed by atoms with E-state index in [1.165, 1.54) is 25.9 Å². The lowest BCUT2D eigenvalue weighted by molar-refractivity contribution is 0.238. The van der Waals surface area contributed by atoms with Gasteiger partial charge < -0.3 is 15.5 Å². The number of nitrogens with one attached hydrogen (secondary N) is 2. The van der Waals surface area contributed by atoms with E-state index in [0.717, 1.165) is 6.42 Å². The van der Waals surface area contributed by atoms with Gasteiger partial charge in [0.05, 0.1) is 0 Å². The molecule has 1 atom stereocenters. The normalized spacial score (nSPS) is 16.9.